The highest BCUT2D eigenvalue weighted by atomic mass is 19.1. The average Bonchev–Trinajstić information content (AvgIpc) is 3.52. The van der Waals surface area contributed by atoms with E-state index in [-0.39, 0.29) is 30.2 Å². The molecule has 1 aromatic heterocycles. The zero-order valence-electron chi connectivity index (χ0n) is 20.4. The first-order valence-electron chi connectivity index (χ1n) is 12.4. The number of hydrogen-bond donors (Lipinski definition) is 1. The van der Waals surface area contributed by atoms with Gasteiger partial charge in [-0.3, -0.25) is 9.59 Å². The lowest BCUT2D eigenvalue weighted by molar-refractivity contribution is -0.136. The Hall–Kier alpha value is -3.48. The monoisotopic (exact) mass is 476 g/mol. The minimum absolute atomic E-state index is 0.0130. The number of nitrogens with zero attached hydrogens (tertiary/aromatic N) is 3. The average molecular weight is 477 g/mol. The molecule has 3 aromatic rings. The van der Waals surface area contributed by atoms with Gasteiger partial charge in [-0.15, -0.1) is 0 Å². The van der Waals surface area contributed by atoms with Crippen LogP contribution in [0.4, 0.5) is 10.2 Å². The van der Waals surface area contributed by atoms with Gasteiger partial charge in [0.15, 0.2) is 0 Å². The van der Waals surface area contributed by atoms with Gasteiger partial charge in [-0.1, -0.05) is 56.0 Å². The molecular formula is C28H33FN4O2. The van der Waals surface area contributed by atoms with Crippen LogP contribution >= 0.6 is 0 Å². The number of halogens is 1. The molecule has 4 rings (SSSR count). The maximum Gasteiger partial charge on any atom is 0.245 e. The largest absolute Gasteiger partial charge is 0.331 e. The van der Waals surface area contributed by atoms with Gasteiger partial charge >= 0.3 is 0 Å². The van der Waals surface area contributed by atoms with E-state index in [0.717, 1.165) is 12.0 Å². The molecule has 0 unspecified atom stereocenters. The molecule has 6 nitrogen and oxygen atoms in total. The second-order valence-corrected chi connectivity index (χ2v) is 9.52. The van der Waals surface area contributed by atoms with Gasteiger partial charge in [-0.2, -0.15) is 5.10 Å². The lowest BCUT2D eigenvalue weighted by atomic mass is 10.0. The normalized spacial score (nSPS) is 13.8. The third-order valence-corrected chi connectivity index (χ3v) is 6.62. The van der Waals surface area contributed by atoms with Crippen LogP contribution in [-0.4, -0.2) is 39.1 Å². The molecule has 0 bridgehead atoms. The van der Waals surface area contributed by atoms with Crippen LogP contribution in [0.1, 0.15) is 52.4 Å². The Morgan fingerprint density at radius 1 is 1.09 bits per heavy atom. The van der Waals surface area contributed by atoms with E-state index in [2.05, 4.69) is 10.4 Å². The molecule has 0 radical (unpaired) electrons. The van der Waals surface area contributed by atoms with Gasteiger partial charge in [0, 0.05) is 24.1 Å². The fourth-order valence-corrected chi connectivity index (χ4v) is 4.67. The summed E-state index contributed by atoms with van der Waals surface area (Å²) in [6.07, 6.45) is 6.27. The van der Waals surface area contributed by atoms with Crippen LogP contribution in [0.2, 0.25) is 0 Å². The Morgan fingerprint density at radius 3 is 2.43 bits per heavy atom. The molecule has 0 saturated heterocycles. The summed E-state index contributed by atoms with van der Waals surface area (Å²) in [5.41, 5.74) is 2.20. The molecule has 1 fully saturated rings. The minimum atomic E-state index is -0.349. The Bertz CT molecular complexity index is 1140. The van der Waals surface area contributed by atoms with E-state index >= 15 is 0 Å². The van der Waals surface area contributed by atoms with E-state index in [1.54, 1.807) is 27.8 Å². The second kappa shape index (κ2) is 11.3. The molecule has 2 aromatic carbocycles. The number of hydrogen-bond acceptors (Lipinski definition) is 3. The first kappa shape index (κ1) is 24.6. The number of benzene rings is 2. The number of aromatic nitrogens is 2. The summed E-state index contributed by atoms with van der Waals surface area (Å²) in [4.78, 5) is 27.6. The van der Waals surface area contributed by atoms with Crippen molar-refractivity contribution in [1.82, 2.24) is 14.7 Å². The van der Waals surface area contributed by atoms with Gasteiger partial charge < -0.3 is 10.2 Å². The summed E-state index contributed by atoms with van der Waals surface area (Å²) < 4.78 is 15.1. The molecule has 1 heterocycles. The zero-order valence-corrected chi connectivity index (χ0v) is 20.4. The Kier molecular flexibility index (Phi) is 7.95. The van der Waals surface area contributed by atoms with Gasteiger partial charge in [0.25, 0.3) is 0 Å². The molecule has 0 atom stereocenters. The van der Waals surface area contributed by atoms with Crippen LogP contribution in [0.25, 0.3) is 16.9 Å². The third kappa shape index (κ3) is 6.35. The predicted molar refractivity (Wildman–Crippen MR) is 136 cm³/mol. The van der Waals surface area contributed by atoms with Crippen molar-refractivity contribution >= 4 is 17.6 Å². The molecule has 2 amide bonds. The van der Waals surface area contributed by atoms with Crippen LogP contribution in [0.5, 0.6) is 0 Å². The van der Waals surface area contributed by atoms with Crippen LogP contribution < -0.4 is 5.32 Å². The highest BCUT2D eigenvalue weighted by Gasteiger charge is 2.23. The summed E-state index contributed by atoms with van der Waals surface area (Å²) >= 11 is 0. The lowest BCUT2D eigenvalue weighted by Gasteiger charge is -2.26. The van der Waals surface area contributed by atoms with Crippen molar-refractivity contribution in [2.75, 3.05) is 11.9 Å². The van der Waals surface area contributed by atoms with E-state index in [4.69, 9.17) is 0 Å². The second-order valence-electron chi connectivity index (χ2n) is 9.52. The highest BCUT2D eigenvalue weighted by molar-refractivity contribution is 5.94. The van der Waals surface area contributed by atoms with Crippen molar-refractivity contribution in [3.8, 4) is 16.9 Å². The van der Waals surface area contributed by atoms with Crippen LogP contribution in [-0.2, 0) is 9.59 Å². The molecule has 1 aliphatic carbocycles. The third-order valence-electron chi connectivity index (χ3n) is 6.62. The molecule has 7 heteroatoms. The number of carbonyl (C=O) groups is 2. The quantitative estimate of drug-likeness (QED) is 0.423. The molecule has 1 saturated carbocycles. The van der Waals surface area contributed by atoms with Crippen molar-refractivity contribution in [3.05, 3.63) is 66.5 Å². The number of nitrogens with one attached hydrogen (secondary N) is 1. The lowest BCUT2D eigenvalue weighted by Crippen LogP contribution is -2.42. The fraction of sp³-hybridized carbons (Fsp3) is 0.393. The van der Waals surface area contributed by atoms with Crippen LogP contribution in [0.3, 0.4) is 0 Å². The molecule has 1 N–H and O–H groups in total. The van der Waals surface area contributed by atoms with Gasteiger partial charge in [0.05, 0.1) is 11.4 Å². The summed E-state index contributed by atoms with van der Waals surface area (Å²) in [5, 5.41) is 7.58. The predicted octanol–water partition coefficient (Wildman–Crippen LogP) is 5.82. The van der Waals surface area contributed by atoms with Gasteiger partial charge in [-0.25, -0.2) is 9.07 Å². The summed E-state index contributed by atoms with van der Waals surface area (Å²) in [6.45, 7) is 3.82. The van der Waals surface area contributed by atoms with Crippen LogP contribution in [0.15, 0.2) is 60.7 Å². The topological polar surface area (TPSA) is 67.2 Å². The Morgan fingerprint density at radius 2 is 1.77 bits per heavy atom. The summed E-state index contributed by atoms with van der Waals surface area (Å²) in [5.74, 6) is 0.458. The van der Waals surface area contributed by atoms with Gasteiger partial charge in [-0.05, 0) is 50.5 Å². The number of anilines is 1. The molecule has 0 aliphatic heterocycles. The van der Waals surface area contributed by atoms with Gasteiger partial charge in [0.1, 0.15) is 18.2 Å². The number of rotatable bonds is 9. The van der Waals surface area contributed by atoms with Crippen molar-refractivity contribution in [2.24, 2.45) is 5.92 Å². The van der Waals surface area contributed by atoms with Crippen LogP contribution in [0, 0.1) is 11.7 Å². The molecule has 0 spiro atoms. The standard InChI is InChI=1S/C28H33FN4O2/c1-20(2)32(28(35)17-12-21-8-6-7-9-21)19-27(34)30-26-18-25(22-10-4-3-5-11-22)31-33(26)24-15-13-23(29)14-16-24/h3-5,10-11,13-16,18,20-21H,6-9,12,17,19H2,1-2H3,(H,30,34). The van der Waals surface area contributed by atoms with Crippen molar-refractivity contribution < 1.29 is 14.0 Å². The SMILES string of the molecule is CC(C)N(CC(=O)Nc1cc(-c2ccccc2)nn1-c1ccc(F)cc1)C(=O)CCC1CCCC1. The van der Waals surface area contributed by atoms with Crippen molar-refractivity contribution in [3.63, 3.8) is 0 Å². The molecular weight excluding hydrogens is 443 g/mol. The number of carbonyl (C=O) groups excluding carboxylic acids is 2. The molecule has 35 heavy (non-hydrogen) atoms. The van der Waals surface area contributed by atoms with E-state index < -0.39 is 0 Å². The van der Waals surface area contributed by atoms with Crippen molar-refractivity contribution in [2.45, 2.75) is 58.4 Å². The Labute approximate surface area is 206 Å². The van der Waals surface area contributed by atoms with E-state index in [1.165, 1.54) is 37.8 Å². The van der Waals surface area contributed by atoms with E-state index in [9.17, 15) is 14.0 Å². The molecule has 184 valence electrons. The first-order valence-corrected chi connectivity index (χ1v) is 12.4. The Balaban J connectivity index is 1.51. The van der Waals surface area contributed by atoms with E-state index in [0.29, 0.717) is 29.5 Å². The number of amides is 2. The minimum Gasteiger partial charge on any atom is -0.331 e. The maximum absolute atomic E-state index is 13.5. The highest BCUT2D eigenvalue weighted by Crippen LogP contribution is 2.29. The molecule has 1 aliphatic rings. The van der Waals surface area contributed by atoms with E-state index in [1.807, 2.05) is 44.2 Å². The van der Waals surface area contributed by atoms with Crippen molar-refractivity contribution in [1.29, 1.82) is 0 Å². The smallest absolute Gasteiger partial charge is 0.245 e. The summed E-state index contributed by atoms with van der Waals surface area (Å²) in [7, 11) is 0. The maximum atomic E-state index is 13.5. The first-order chi connectivity index (χ1) is 16.9. The fourth-order valence-electron chi connectivity index (χ4n) is 4.67. The summed E-state index contributed by atoms with van der Waals surface area (Å²) in [6, 6.07) is 17.3. The van der Waals surface area contributed by atoms with Gasteiger partial charge in [0.2, 0.25) is 11.8 Å². The zero-order chi connectivity index (χ0) is 24.8.